The molecular weight excluding hydrogens is 232 g/mol. The molecule has 4 N–H and O–H groups in total. The number of rotatable bonds is 5. The van der Waals surface area contributed by atoms with E-state index < -0.39 is 30.3 Å². The topological polar surface area (TPSA) is 89.4 Å². The number of nitrogens with zero attached hydrogens (tertiary/aromatic N) is 1. The van der Waals surface area contributed by atoms with Crippen LogP contribution >= 0.6 is 0 Å². The van der Waals surface area contributed by atoms with Crippen LogP contribution in [0.2, 0.25) is 0 Å². The number of primary amides is 1. The molecule has 0 aliphatic carbocycles. The van der Waals surface area contributed by atoms with Gasteiger partial charge in [-0.15, -0.1) is 0 Å². The maximum absolute atomic E-state index is 12.9. The van der Waals surface area contributed by atoms with E-state index in [1.807, 2.05) is 0 Å². The molecule has 1 aliphatic rings. The van der Waals surface area contributed by atoms with E-state index in [0.29, 0.717) is 6.42 Å². The van der Waals surface area contributed by atoms with Crippen molar-refractivity contribution in [3.8, 4) is 0 Å². The molecule has 0 aromatic heterocycles. The average molecular weight is 249 g/mol. The fourth-order valence-corrected chi connectivity index (χ4v) is 1.78. The lowest BCUT2D eigenvalue weighted by atomic mass is 10.1. The number of carbonyl (C=O) groups excluding carboxylic acids is 2. The highest BCUT2D eigenvalue weighted by molar-refractivity contribution is 5.82. The summed E-state index contributed by atoms with van der Waals surface area (Å²) in [6, 6.07) is -0.830. The molecule has 0 aromatic carbocycles. The first-order valence-electron chi connectivity index (χ1n) is 5.52. The molecule has 2 amide bonds. The van der Waals surface area contributed by atoms with Gasteiger partial charge in [-0.3, -0.25) is 9.59 Å². The third kappa shape index (κ3) is 4.26. The number of alkyl halides is 2. The largest absolute Gasteiger partial charge is 0.370 e. The van der Waals surface area contributed by atoms with Crippen molar-refractivity contribution in [2.45, 2.75) is 37.6 Å². The summed E-state index contributed by atoms with van der Waals surface area (Å²) < 4.78 is 25.8. The molecule has 0 saturated carbocycles. The summed E-state index contributed by atoms with van der Waals surface area (Å²) in [6.07, 6.45) is 0.514. The van der Waals surface area contributed by atoms with E-state index >= 15 is 0 Å². The molecule has 1 aliphatic heterocycles. The molecular formula is C10H17F2N3O2. The fraction of sp³-hybridized carbons (Fsp3) is 0.800. The summed E-state index contributed by atoms with van der Waals surface area (Å²) in [7, 11) is 0. The van der Waals surface area contributed by atoms with Crippen LogP contribution in [0.4, 0.5) is 8.78 Å². The lowest BCUT2D eigenvalue weighted by molar-refractivity contribution is -0.133. The third-order valence-corrected chi connectivity index (χ3v) is 2.74. The molecule has 17 heavy (non-hydrogen) atoms. The van der Waals surface area contributed by atoms with Gasteiger partial charge in [-0.05, 0) is 12.8 Å². The fourth-order valence-electron chi connectivity index (χ4n) is 1.78. The standard InChI is InChI=1S/C10H17F2N3O2/c11-10(12)4-5-15(6-10)9(17)7(13)2-1-3-8(14)16/h7H,1-6,13H2,(H2,14,16). The predicted octanol–water partition coefficient (Wildman–Crippen LogP) is -0.163. The van der Waals surface area contributed by atoms with Gasteiger partial charge in [0.2, 0.25) is 11.8 Å². The van der Waals surface area contributed by atoms with Gasteiger partial charge in [0.15, 0.2) is 0 Å². The average Bonchev–Trinajstić information content (AvgIpc) is 2.57. The van der Waals surface area contributed by atoms with Crippen molar-refractivity contribution in [3.05, 3.63) is 0 Å². The Labute approximate surface area is 98.1 Å². The number of hydrogen-bond acceptors (Lipinski definition) is 3. The molecule has 0 spiro atoms. The number of nitrogens with two attached hydrogens (primary N) is 2. The van der Waals surface area contributed by atoms with Crippen LogP contribution in [0.3, 0.4) is 0 Å². The quantitative estimate of drug-likeness (QED) is 0.709. The van der Waals surface area contributed by atoms with Crippen LogP contribution < -0.4 is 11.5 Å². The molecule has 1 atom stereocenters. The summed E-state index contributed by atoms with van der Waals surface area (Å²) in [5, 5.41) is 0. The first-order valence-corrected chi connectivity index (χ1v) is 5.52. The second-order valence-corrected chi connectivity index (χ2v) is 4.33. The molecule has 0 radical (unpaired) electrons. The van der Waals surface area contributed by atoms with Crippen molar-refractivity contribution in [2.75, 3.05) is 13.1 Å². The van der Waals surface area contributed by atoms with Crippen molar-refractivity contribution in [2.24, 2.45) is 11.5 Å². The summed E-state index contributed by atoms with van der Waals surface area (Å²) in [5.41, 5.74) is 10.5. The van der Waals surface area contributed by atoms with E-state index in [2.05, 4.69) is 0 Å². The van der Waals surface area contributed by atoms with Crippen molar-refractivity contribution in [3.63, 3.8) is 0 Å². The molecule has 98 valence electrons. The summed E-state index contributed by atoms with van der Waals surface area (Å²) in [5.74, 6) is -3.74. The van der Waals surface area contributed by atoms with Crippen LogP contribution in [0, 0.1) is 0 Å². The van der Waals surface area contributed by atoms with E-state index in [4.69, 9.17) is 11.5 Å². The number of carbonyl (C=O) groups is 2. The highest BCUT2D eigenvalue weighted by atomic mass is 19.3. The Balaban J connectivity index is 2.34. The van der Waals surface area contributed by atoms with E-state index in [-0.39, 0.29) is 25.8 Å². The Morgan fingerprint density at radius 3 is 2.53 bits per heavy atom. The summed E-state index contributed by atoms with van der Waals surface area (Å²) in [6.45, 7) is -0.523. The van der Waals surface area contributed by atoms with Crippen LogP contribution in [0.1, 0.15) is 25.7 Å². The van der Waals surface area contributed by atoms with Crippen molar-refractivity contribution >= 4 is 11.8 Å². The molecule has 1 heterocycles. The van der Waals surface area contributed by atoms with Crippen LogP contribution in [-0.2, 0) is 9.59 Å². The number of amides is 2. The van der Waals surface area contributed by atoms with Gasteiger partial charge in [0.1, 0.15) is 0 Å². The predicted molar refractivity (Wildman–Crippen MR) is 57.2 cm³/mol. The lowest BCUT2D eigenvalue weighted by Crippen LogP contribution is -2.43. The minimum Gasteiger partial charge on any atom is -0.370 e. The number of hydrogen-bond donors (Lipinski definition) is 2. The van der Waals surface area contributed by atoms with Gasteiger partial charge in [-0.2, -0.15) is 0 Å². The van der Waals surface area contributed by atoms with Gasteiger partial charge >= 0.3 is 0 Å². The zero-order chi connectivity index (χ0) is 13.1. The van der Waals surface area contributed by atoms with Gasteiger partial charge in [-0.25, -0.2) is 8.78 Å². The molecule has 1 unspecified atom stereocenters. The molecule has 5 nitrogen and oxygen atoms in total. The molecule has 0 aromatic rings. The van der Waals surface area contributed by atoms with E-state index in [1.165, 1.54) is 0 Å². The number of likely N-dealkylation sites (tertiary alicyclic amines) is 1. The van der Waals surface area contributed by atoms with Crippen LogP contribution in [-0.4, -0.2) is 41.8 Å². The first kappa shape index (κ1) is 13.8. The van der Waals surface area contributed by atoms with Gasteiger partial charge in [0, 0.05) is 19.4 Å². The number of halogens is 2. The Kier molecular flexibility index (Phi) is 4.39. The minimum atomic E-state index is -2.80. The van der Waals surface area contributed by atoms with Gasteiger partial charge in [0.25, 0.3) is 5.92 Å². The van der Waals surface area contributed by atoms with Crippen LogP contribution in [0.5, 0.6) is 0 Å². The Morgan fingerprint density at radius 1 is 1.41 bits per heavy atom. The smallest absolute Gasteiger partial charge is 0.267 e. The van der Waals surface area contributed by atoms with Gasteiger partial charge < -0.3 is 16.4 Å². The lowest BCUT2D eigenvalue weighted by Gasteiger charge is -2.20. The SMILES string of the molecule is NC(=O)CCCC(N)C(=O)N1CCC(F)(F)C1. The summed E-state index contributed by atoms with van der Waals surface area (Å²) in [4.78, 5) is 23.2. The molecule has 1 saturated heterocycles. The highest BCUT2D eigenvalue weighted by Gasteiger charge is 2.41. The molecule has 0 bridgehead atoms. The minimum absolute atomic E-state index is 0.0371. The molecule has 1 fully saturated rings. The van der Waals surface area contributed by atoms with Crippen LogP contribution in [0.25, 0.3) is 0 Å². The normalized spacial score (nSPS) is 20.3. The first-order chi connectivity index (χ1) is 7.82. The van der Waals surface area contributed by atoms with Crippen LogP contribution in [0.15, 0.2) is 0 Å². The van der Waals surface area contributed by atoms with E-state index in [0.717, 1.165) is 4.90 Å². The second-order valence-electron chi connectivity index (χ2n) is 4.33. The van der Waals surface area contributed by atoms with Crippen molar-refractivity contribution in [1.29, 1.82) is 0 Å². The maximum atomic E-state index is 12.9. The van der Waals surface area contributed by atoms with E-state index in [1.54, 1.807) is 0 Å². The third-order valence-electron chi connectivity index (χ3n) is 2.74. The monoisotopic (exact) mass is 249 g/mol. The second kappa shape index (κ2) is 5.39. The van der Waals surface area contributed by atoms with E-state index in [9.17, 15) is 18.4 Å². The summed E-state index contributed by atoms with van der Waals surface area (Å²) >= 11 is 0. The van der Waals surface area contributed by atoms with Crippen molar-refractivity contribution in [1.82, 2.24) is 4.90 Å². The Morgan fingerprint density at radius 2 is 2.06 bits per heavy atom. The van der Waals surface area contributed by atoms with Gasteiger partial charge in [0.05, 0.1) is 12.6 Å². The zero-order valence-electron chi connectivity index (χ0n) is 9.49. The van der Waals surface area contributed by atoms with Crippen molar-refractivity contribution < 1.29 is 18.4 Å². The zero-order valence-corrected chi connectivity index (χ0v) is 9.49. The Hall–Kier alpha value is -1.24. The highest BCUT2D eigenvalue weighted by Crippen LogP contribution is 2.27. The maximum Gasteiger partial charge on any atom is 0.267 e. The van der Waals surface area contributed by atoms with Gasteiger partial charge in [-0.1, -0.05) is 0 Å². The molecule has 1 rings (SSSR count). The molecule has 7 heteroatoms. The Bertz CT molecular complexity index is 310.